The van der Waals surface area contributed by atoms with E-state index in [1.807, 2.05) is 0 Å². The Balaban J connectivity index is 1.77. The maximum absolute atomic E-state index is 12.7. The van der Waals surface area contributed by atoms with E-state index in [1.54, 1.807) is 24.3 Å². The minimum absolute atomic E-state index is 0.0443. The first kappa shape index (κ1) is 19.5. The zero-order chi connectivity index (χ0) is 20.5. The van der Waals surface area contributed by atoms with Crippen molar-refractivity contribution in [2.24, 2.45) is 7.05 Å². The quantitative estimate of drug-likeness (QED) is 0.387. The fourth-order valence-corrected chi connectivity index (χ4v) is 2.46. The summed E-state index contributed by atoms with van der Waals surface area (Å²) in [4.78, 5) is 21.2. The van der Waals surface area contributed by atoms with Crippen LogP contribution in [-0.2, 0) is 19.8 Å². The van der Waals surface area contributed by atoms with Crippen molar-refractivity contribution in [3.63, 3.8) is 0 Å². The molecule has 0 aliphatic carbocycles. The Kier molecular flexibility index (Phi) is 5.14. The number of aryl methyl sites for hydroxylation is 1. The molecule has 3 aromatic rings. The first-order valence-corrected chi connectivity index (χ1v) is 8.01. The summed E-state index contributed by atoms with van der Waals surface area (Å²) in [5.41, 5.74) is 0.802. The largest absolute Gasteiger partial charge is 0.453 e. The van der Waals surface area contributed by atoms with E-state index in [-0.39, 0.29) is 29.2 Å². The fraction of sp³-hybridized carbons (Fsp3) is 0.200. The lowest BCUT2D eigenvalue weighted by Crippen LogP contribution is -2.08. The number of nitro groups is 1. The third kappa shape index (κ3) is 4.17. The van der Waals surface area contributed by atoms with Crippen LogP contribution in [0.5, 0.6) is 0 Å². The van der Waals surface area contributed by atoms with Gasteiger partial charge in [0.25, 0.3) is 5.82 Å². The summed E-state index contributed by atoms with van der Waals surface area (Å²) in [6.45, 7) is 0.168. The van der Waals surface area contributed by atoms with Gasteiger partial charge in [-0.15, -0.1) is 5.10 Å². The zero-order valence-electron chi connectivity index (χ0n) is 14.1. The van der Waals surface area contributed by atoms with E-state index in [0.717, 1.165) is 10.9 Å². The van der Waals surface area contributed by atoms with Crippen LogP contribution < -0.4 is 5.32 Å². The van der Waals surface area contributed by atoms with E-state index in [2.05, 4.69) is 25.4 Å². The summed E-state index contributed by atoms with van der Waals surface area (Å²) >= 11 is 5.66. The lowest BCUT2D eigenvalue weighted by atomic mass is 10.1. The molecule has 0 spiro atoms. The van der Waals surface area contributed by atoms with Crippen LogP contribution in [0, 0.1) is 10.1 Å². The Hall–Kier alpha value is -3.28. The Bertz CT molecular complexity index is 1020. The Morgan fingerprint density at radius 2 is 1.93 bits per heavy atom. The first-order valence-electron chi connectivity index (χ1n) is 7.63. The molecule has 0 atom stereocenters. The highest BCUT2D eigenvalue weighted by molar-refractivity contribution is 6.28. The molecule has 13 heteroatoms. The topological polar surface area (TPSA) is 112 Å². The van der Waals surface area contributed by atoms with E-state index in [4.69, 9.17) is 11.6 Å². The van der Waals surface area contributed by atoms with Crippen LogP contribution in [0.1, 0.15) is 11.4 Å². The van der Waals surface area contributed by atoms with Gasteiger partial charge in [-0.25, -0.2) is 14.6 Å². The van der Waals surface area contributed by atoms with Gasteiger partial charge in [-0.3, -0.25) is 10.1 Å². The minimum Gasteiger partial charge on any atom is -0.360 e. The van der Waals surface area contributed by atoms with E-state index >= 15 is 0 Å². The van der Waals surface area contributed by atoms with Crippen molar-refractivity contribution in [2.75, 3.05) is 5.32 Å². The average molecular weight is 414 g/mol. The van der Waals surface area contributed by atoms with Crippen molar-refractivity contribution in [3.8, 4) is 11.4 Å². The van der Waals surface area contributed by atoms with Crippen LogP contribution in [0.2, 0.25) is 5.28 Å². The molecule has 1 aromatic carbocycles. The Morgan fingerprint density at radius 3 is 2.50 bits per heavy atom. The summed E-state index contributed by atoms with van der Waals surface area (Å²) in [5, 5.41) is 17.0. The van der Waals surface area contributed by atoms with Gasteiger partial charge in [-0.05, 0) is 17.2 Å². The normalized spacial score (nSPS) is 11.5. The molecule has 0 unspecified atom stereocenters. The minimum atomic E-state index is -4.63. The molecule has 2 heterocycles. The molecule has 1 N–H and O–H groups in total. The van der Waals surface area contributed by atoms with Crippen molar-refractivity contribution >= 4 is 23.1 Å². The van der Waals surface area contributed by atoms with E-state index < -0.39 is 16.9 Å². The van der Waals surface area contributed by atoms with E-state index in [1.165, 1.54) is 7.05 Å². The van der Waals surface area contributed by atoms with Crippen LogP contribution in [-0.4, -0.2) is 29.7 Å². The molecule has 0 radical (unpaired) electrons. The third-order valence-electron chi connectivity index (χ3n) is 3.63. The number of rotatable bonds is 5. The van der Waals surface area contributed by atoms with Crippen LogP contribution in [0.15, 0.2) is 30.5 Å². The summed E-state index contributed by atoms with van der Waals surface area (Å²) < 4.78 is 39.2. The molecule has 0 saturated carbocycles. The predicted octanol–water partition coefficient (Wildman–Crippen LogP) is 3.46. The smallest absolute Gasteiger partial charge is 0.360 e. The fourth-order valence-electron chi connectivity index (χ4n) is 2.33. The van der Waals surface area contributed by atoms with Crippen LogP contribution >= 0.6 is 11.6 Å². The van der Waals surface area contributed by atoms with Gasteiger partial charge in [0.1, 0.15) is 6.20 Å². The van der Waals surface area contributed by atoms with E-state index in [0.29, 0.717) is 11.1 Å². The van der Waals surface area contributed by atoms with Gasteiger partial charge >= 0.3 is 11.9 Å². The van der Waals surface area contributed by atoms with Crippen molar-refractivity contribution in [1.29, 1.82) is 0 Å². The third-order valence-corrected chi connectivity index (χ3v) is 3.81. The SMILES string of the molecule is Cn1nc(C(F)(F)F)nc1-c1ccc(CNc2nc(Cl)ncc2[N+](=O)[O-])cc1. The molecule has 0 amide bonds. The number of hydrogen-bond acceptors (Lipinski definition) is 7. The lowest BCUT2D eigenvalue weighted by Gasteiger charge is -2.07. The molecule has 0 fully saturated rings. The molecule has 0 saturated heterocycles. The van der Waals surface area contributed by atoms with Crippen molar-refractivity contribution in [3.05, 3.63) is 57.2 Å². The molecule has 0 bridgehead atoms. The molecule has 2 aromatic heterocycles. The molecule has 28 heavy (non-hydrogen) atoms. The number of nitrogens with zero attached hydrogens (tertiary/aromatic N) is 6. The monoisotopic (exact) mass is 413 g/mol. The van der Waals surface area contributed by atoms with Gasteiger partial charge in [0.15, 0.2) is 5.82 Å². The summed E-state index contributed by atoms with van der Waals surface area (Å²) in [7, 11) is 1.37. The number of halogens is 4. The molecule has 9 nitrogen and oxygen atoms in total. The van der Waals surface area contributed by atoms with Crippen molar-refractivity contribution in [1.82, 2.24) is 24.7 Å². The molecule has 146 valence electrons. The maximum Gasteiger partial charge on any atom is 0.453 e. The van der Waals surface area contributed by atoms with Crippen molar-refractivity contribution in [2.45, 2.75) is 12.7 Å². The second-order valence-corrected chi connectivity index (χ2v) is 5.90. The van der Waals surface area contributed by atoms with Crippen LogP contribution in [0.4, 0.5) is 24.7 Å². The number of anilines is 1. The number of alkyl halides is 3. The number of benzene rings is 1. The lowest BCUT2D eigenvalue weighted by molar-refractivity contribution is -0.384. The predicted molar refractivity (Wildman–Crippen MR) is 92.5 cm³/mol. The van der Waals surface area contributed by atoms with Crippen molar-refractivity contribution < 1.29 is 18.1 Å². The van der Waals surface area contributed by atoms with E-state index in [9.17, 15) is 23.3 Å². The van der Waals surface area contributed by atoms with Gasteiger partial charge in [0.2, 0.25) is 11.1 Å². The molecular weight excluding hydrogens is 403 g/mol. The average Bonchev–Trinajstić information content (AvgIpc) is 3.02. The molecule has 0 aliphatic heterocycles. The molecular formula is C15H11ClF3N7O2. The Labute approximate surface area is 160 Å². The molecule has 3 rings (SSSR count). The zero-order valence-corrected chi connectivity index (χ0v) is 14.9. The highest BCUT2D eigenvalue weighted by Gasteiger charge is 2.36. The standard InChI is InChI=1S/C15H11ClF3N7O2/c1-25-12(23-13(24-25)15(17,18)19)9-4-2-8(3-5-9)6-20-11-10(26(27)28)7-21-14(16)22-11/h2-5,7H,6H2,1H3,(H,20,21,22). The highest BCUT2D eigenvalue weighted by atomic mass is 35.5. The van der Waals surface area contributed by atoms with Crippen LogP contribution in [0.3, 0.4) is 0 Å². The maximum atomic E-state index is 12.7. The van der Waals surface area contributed by atoms with Crippen LogP contribution in [0.25, 0.3) is 11.4 Å². The summed E-state index contributed by atoms with van der Waals surface area (Å²) in [6, 6.07) is 6.42. The summed E-state index contributed by atoms with van der Waals surface area (Å²) in [5.74, 6) is -1.20. The Morgan fingerprint density at radius 1 is 1.25 bits per heavy atom. The highest BCUT2D eigenvalue weighted by Crippen LogP contribution is 2.29. The number of nitrogens with one attached hydrogen (secondary N) is 1. The summed E-state index contributed by atoms with van der Waals surface area (Å²) in [6.07, 6.45) is -3.64. The molecule has 0 aliphatic rings. The number of aromatic nitrogens is 5. The second kappa shape index (κ2) is 7.38. The first-order chi connectivity index (χ1) is 13.1. The van der Waals surface area contributed by atoms with Gasteiger partial charge in [-0.1, -0.05) is 24.3 Å². The van der Waals surface area contributed by atoms with Gasteiger partial charge < -0.3 is 5.32 Å². The number of hydrogen-bond donors (Lipinski definition) is 1. The van der Waals surface area contributed by atoms with Gasteiger partial charge in [0, 0.05) is 19.2 Å². The second-order valence-electron chi connectivity index (χ2n) is 5.56. The van der Waals surface area contributed by atoms with Gasteiger partial charge in [-0.2, -0.15) is 18.2 Å². The van der Waals surface area contributed by atoms with Gasteiger partial charge in [0.05, 0.1) is 4.92 Å².